The summed E-state index contributed by atoms with van der Waals surface area (Å²) in [6.45, 7) is 9.90. The quantitative estimate of drug-likeness (QED) is 0.0585. The van der Waals surface area contributed by atoms with Gasteiger partial charge in [-0.3, -0.25) is 4.79 Å². The minimum absolute atomic E-state index is 0.0534. The lowest BCUT2D eigenvalue weighted by atomic mass is 9.94. The van der Waals surface area contributed by atoms with Crippen LogP contribution in [0.1, 0.15) is 220 Å². The summed E-state index contributed by atoms with van der Waals surface area (Å²) in [5.41, 5.74) is 0. The Labute approximate surface area is 254 Å². The molecule has 0 radical (unpaired) electrons. The number of rotatable bonds is 33. The van der Waals surface area contributed by atoms with Gasteiger partial charge in [-0.2, -0.15) is 0 Å². The van der Waals surface area contributed by atoms with Gasteiger partial charge in [0.25, 0.3) is 0 Å². The highest BCUT2D eigenvalue weighted by atomic mass is 16.5. The van der Waals surface area contributed by atoms with Crippen molar-refractivity contribution >= 4 is 5.97 Å². The first-order valence-corrected chi connectivity index (χ1v) is 18.8. The molecule has 1 atom stereocenters. The van der Waals surface area contributed by atoms with Gasteiger partial charge in [0, 0.05) is 6.42 Å². The SMILES string of the molecule is CCCCCCCCCCCCC(CCCCCCCCCC)COC(=O)CCCCCCCCCCC(C)C. The average molecular weight is 565 g/mol. The predicted molar refractivity (Wildman–Crippen MR) is 179 cm³/mol. The summed E-state index contributed by atoms with van der Waals surface area (Å²) in [6, 6.07) is 0. The first kappa shape index (κ1) is 39.5. The number of hydrogen-bond donors (Lipinski definition) is 0. The molecule has 0 aliphatic heterocycles. The molecule has 0 heterocycles. The molecule has 0 amide bonds. The number of carbonyl (C=O) groups is 1. The fraction of sp³-hybridized carbons (Fsp3) is 0.974. The van der Waals surface area contributed by atoms with E-state index >= 15 is 0 Å². The Morgan fingerprint density at radius 2 is 0.775 bits per heavy atom. The van der Waals surface area contributed by atoms with Gasteiger partial charge in [0.2, 0.25) is 0 Å². The van der Waals surface area contributed by atoms with Crippen LogP contribution in [-0.4, -0.2) is 12.6 Å². The van der Waals surface area contributed by atoms with Gasteiger partial charge in [0.15, 0.2) is 0 Å². The number of esters is 1. The van der Waals surface area contributed by atoms with Gasteiger partial charge in [-0.05, 0) is 31.1 Å². The van der Waals surface area contributed by atoms with Gasteiger partial charge in [-0.1, -0.05) is 195 Å². The van der Waals surface area contributed by atoms with Crippen LogP contribution < -0.4 is 0 Å². The Hall–Kier alpha value is -0.530. The van der Waals surface area contributed by atoms with Crippen molar-refractivity contribution in [1.82, 2.24) is 0 Å². The highest BCUT2D eigenvalue weighted by Crippen LogP contribution is 2.21. The topological polar surface area (TPSA) is 26.3 Å². The number of ether oxygens (including phenoxy) is 1. The lowest BCUT2D eigenvalue weighted by Crippen LogP contribution is -2.14. The third-order valence-corrected chi connectivity index (χ3v) is 8.82. The summed E-state index contributed by atoms with van der Waals surface area (Å²) in [5.74, 6) is 1.48. The van der Waals surface area contributed by atoms with E-state index in [0.717, 1.165) is 12.3 Å². The smallest absolute Gasteiger partial charge is 0.305 e. The average Bonchev–Trinajstić information content (AvgIpc) is 2.94. The van der Waals surface area contributed by atoms with Crippen LogP contribution in [0, 0.1) is 11.8 Å². The molecule has 0 spiro atoms. The fourth-order valence-electron chi connectivity index (χ4n) is 5.96. The zero-order valence-corrected chi connectivity index (χ0v) is 28.4. The van der Waals surface area contributed by atoms with E-state index in [-0.39, 0.29) is 5.97 Å². The molecule has 0 aromatic heterocycles. The third kappa shape index (κ3) is 32.0. The molecule has 0 aliphatic carbocycles. The molecule has 0 aromatic rings. The maximum atomic E-state index is 12.4. The molecule has 2 heteroatoms. The highest BCUT2D eigenvalue weighted by Gasteiger charge is 2.12. The molecular formula is C38H76O2. The summed E-state index contributed by atoms with van der Waals surface area (Å²) in [4.78, 5) is 12.4. The van der Waals surface area contributed by atoms with Gasteiger partial charge in [0.1, 0.15) is 0 Å². The van der Waals surface area contributed by atoms with Crippen LogP contribution in [0.15, 0.2) is 0 Å². The molecule has 2 nitrogen and oxygen atoms in total. The molecular weight excluding hydrogens is 488 g/mol. The molecule has 0 aromatic carbocycles. The van der Waals surface area contributed by atoms with Crippen LogP contribution in [0.4, 0.5) is 0 Å². The van der Waals surface area contributed by atoms with Crippen LogP contribution in [0.25, 0.3) is 0 Å². The lowest BCUT2D eigenvalue weighted by Gasteiger charge is -2.17. The lowest BCUT2D eigenvalue weighted by molar-refractivity contribution is -0.145. The fourth-order valence-corrected chi connectivity index (χ4v) is 5.96. The van der Waals surface area contributed by atoms with E-state index in [4.69, 9.17) is 4.74 Å². The van der Waals surface area contributed by atoms with Gasteiger partial charge < -0.3 is 4.74 Å². The van der Waals surface area contributed by atoms with Crippen molar-refractivity contribution < 1.29 is 9.53 Å². The van der Waals surface area contributed by atoms with E-state index in [9.17, 15) is 4.79 Å². The Bertz CT molecular complexity index is 486. The molecule has 0 bridgehead atoms. The van der Waals surface area contributed by atoms with Crippen LogP contribution >= 0.6 is 0 Å². The van der Waals surface area contributed by atoms with E-state index in [0.29, 0.717) is 18.9 Å². The molecule has 0 N–H and O–H groups in total. The van der Waals surface area contributed by atoms with Gasteiger partial charge in [-0.15, -0.1) is 0 Å². The number of unbranched alkanes of at least 4 members (excludes halogenated alkanes) is 23. The van der Waals surface area contributed by atoms with Gasteiger partial charge in [-0.25, -0.2) is 0 Å². The predicted octanol–water partition coefficient (Wildman–Crippen LogP) is 13.5. The molecule has 1 unspecified atom stereocenters. The normalized spacial score (nSPS) is 12.3. The minimum atomic E-state index is 0.0534. The van der Waals surface area contributed by atoms with Crippen molar-refractivity contribution in [1.29, 1.82) is 0 Å². The molecule has 0 saturated carbocycles. The highest BCUT2D eigenvalue weighted by molar-refractivity contribution is 5.69. The maximum Gasteiger partial charge on any atom is 0.305 e. The van der Waals surface area contributed by atoms with Crippen LogP contribution in [0.3, 0.4) is 0 Å². The van der Waals surface area contributed by atoms with Crippen LogP contribution in [0.2, 0.25) is 0 Å². The standard InChI is InChI=1S/C38H76O2/c1-5-7-9-11-13-15-16-21-25-29-33-37(32-28-24-20-14-12-10-8-6-2)35-40-38(39)34-30-26-22-18-17-19-23-27-31-36(3)4/h36-37H,5-35H2,1-4H3. The van der Waals surface area contributed by atoms with Crippen LogP contribution in [-0.2, 0) is 9.53 Å². The van der Waals surface area contributed by atoms with Crippen LogP contribution in [0.5, 0.6) is 0 Å². The van der Waals surface area contributed by atoms with Crippen molar-refractivity contribution in [2.45, 2.75) is 220 Å². The third-order valence-electron chi connectivity index (χ3n) is 8.82. The minimum Gasteiger partial charge on any atom is -0.465 e. The van der Waals surface area contributed by atoms with E-state index in [1.54, 1.807) is 0 Å². The second-order valence-electron chi connectivity index (χ2n) is 13.5. The van der Waals surface area contributed by atoms with Crippen molar-refractivity contribution in [3.8, 4) is 0 Å². The first-order valence-electron chi connectivity index (χ1n) is 18.8. The summed E-state index contributed by atoms with van der Waals surface area (Å²) >= 11 is 0. The molecule has 240 valence electrons. The molecule has 0 rings (SSSR count). The Morgan fingerprint density at radius 1 is 0.450 bits per heavy atom. The summed E-state index contributed by atoms with van der Waals surface area (Å²) in [5, 5.41) is 0. The van der Waals surface area contributed by atoms with Crippen molar-refractivity contribution in [2.24, 2.45) is 11.8 Å². The Morgan fingerprint density at radius 3 is 1.15 bits per heavy atom. The van der Waals surface area contributed by atoms with Crippen molar-refractivity contribution in [3.63, 3.8) is 0 Å². The monoisotopic (exact) mass is 565 g/mol. The van der Waals surface area contributed by atoms with E-state index in [1.807, 2.05) is 0 Å². The summed E-state index contributed by atoms with van der Waals surface area (Å²) in [6.07, 6.45) is 39.7. The van der Waals surface area contributed by atoms with E-state index in [1.165, 1.54) is 180 Å². The molecule has 40 heavy (non-hydrogen) atoms. The molecule has 0 aliphatic rings. The largest absolute Gasteiger partial charge is 0.465 e. The van der Waals surface area contributed by atoms with Gasteiger partial charge >= 0.3 is 5.97 Å². The van der Waals surface area contributed by atoms with Crippen molar-refractivity contribution in [2.75, 3.05) is 6.61 Å². The number of carbonyl (C=O) groups excluding carboxylic acids is 1. The maximum absolute atomic E-state index is 12.4. The zero-order chi connectivity index (χ0) is 29.4. The Kier molecular flexibility index (Phi) is 32.5. The molecule has 0 fully saturated rings. The summed E-state index contributed by atoms with van der Waals surface area (Å²) < 4.78 is 5.82. The van der Waals surface area contributed by atoms with E-state index < -0.39 is 0 Å². The molecule has 0 saturated heterocycles. The summed E-state index contributed by atoms with van der Waals surface area (Å²) in [7, 11) is 0. The second kappa shape index (κ2) is 33.0. The van der Waals surface area contributed by atoms with Gasteiger partial charge in [0.05, 0.1) is 6.61 Å². The number of hydrogen-bond acceptors (Lipinski definition) is 2. The second-order valence-corrected chi connectivity index (χ2v) is 13.5. The Balaban J connectivity index is 3.99. The zero-order valence-electron chi connectivity index (χ0n) is 28.4. The van der Waals surface area contributed by atoms with E-state index in [2.05, 4.69) is 27.7 Å². The first-order chi connectivity index (χ1) is 19.6. The van der Waals surface area contributed by atoms with Crippen molar-refractivity contribution in [3.05, 3.63) is 0 Å².